The van der Waals surface area contributed by atoms with Crippen LogP contribution in [0, 0.1) is 17.0 Å². The van der Waals surface area contributed by atoms with Crippen LogP contribution in [0.15, 0.2) is 30.3 Å². The zero-order valence-electron chi connectivity index (χ0n) is 12.7. The molecule has 120 valence electrons. The van der Waals surface area contributed by atoms with Gasteiger partial charge in [0.1, 0.15) is 17.7 Å². The van der Waals surface area contributed by atoms with Gasteiger partial charge in [-0.2, -0.15) is 0 Å². The summed E-state index contributed by atoms with van der Waals surface area (Å²) in [6.45, 7) is 4.03. The molecule has 1 aromatic carbocycles. The standard InChI is InChI=1S/C15H17N5O3/c1-10-17-13(14-9-16-6-7-23-14)8-15(18-10)19-11-2-4-12(5-3-11)20(21)22/h2-5,8,14,16H,6-7,9H2,1H3,(H,17,18,19). The Bertz CT molecular complexity index is 699. The molecule has 8 heteroatoms. The summed E-state index contributed by atoms with van der Waals surface area (Å²) in [4.78, 5) is 19.0. The fourth-order valence-electron chi connectivity index (χ4n) is 2.39. The number of aryl methyl sites for hydroxylation is 1. The number of aromatic nitrogens is 2. The van der Waals surface area contributed by atoms with Crippen molar-refractivity contribution in [1.29, 1.82) is 0 Å². The normalized spacial score (nSPS) is 17.7. The van der Waals surface area contributed by atoms with Gasteiger partial charge in [0.05, 0.1) is 17.2 Å². The van der Waals surface area contributed by atoms with E-state index in [-0.39, 0.29) is 11.8 Å². The minimum Gasteiger partial charge on any atom is -0.369 e. The first kappa shape index (κ1) is 15.3. The van der Waals surface area contributed by atoms with Gasteiger partial charge in [-0.15, -0.1) is 0 Å². The lowest BCUT2D eigenvalue weighted by molar-refractivity contribution is -0.384. The molecule has 3 rings (SSSR count). The van der Waals surface area contributed by atoms with E-state index in [0.717, 1.165) is 17.9 Å². The molecule has 2 aromatic rings. The van der Waals surface area contributed by atoms with Crippen LogP contribution in [0.25, 0.3) is 0 Å². The van der Waals surface area contributed by atoms with Crippen molar-refractivity contribution in [1.82, 2.24) is 15.3 Å². The monoisotopic (exact) mass is 315 g/mol. The lowest BCUT2D eigenvalue weighted by Gasteiger charge is -2.23. The molecular weight excluding hydrogens is 298 g/mol. The quantitative estimate of drug-likeness (QED) is 0.658. The highest BCUT2D eigenvalue weighted by molar-refractivity contribution is 5.58. The Morgan fingerprint density at radius 2 is 2.13 bits per heavy atom. The van der Waals surface area contributed by atoms with Crippen molar-refractivity contribution >= 4 is 17.2 Å². The van der Waals surface area contributed by atoms with Gasteiger partial charge in [0, 0.05) is 37.0 Å². The fourth-order valence-corrected chi connectivity index (χ4v) is 2.39. The molecule has 1 aliphatic heterocycles. The Morgan fingerprint density at radius 3 is 2.78 bits per heavy atom. The number of hydrogen-bond acceptors (Lipinski definition) is 7. The summed E-state index contributed by atoms with van der Waals surface area (Å²) in [5, 5.41) is 17.1. The second-order valence-electron chi connectivity index (χ2n) is 5.22. The largest absolute Gasteiger partial charge is 0.369 e. The van der Waals surface area contributed by atoms with E-state index in [1.165, 1.54) is 12.1 Å². The summed E-state index contributed by atoms with van der Waals surface area (Å²) in [6, 6.07) is 8.03. The maximum atomic E-state index is 10.7. The van der Waals surface area contributed by atoms with E-state index in [2.05, 4.69) is 20.6 Å². The van der Waals surface area contributed by atoms with Crippen LogP contribution < -0.4 is 10.6 Å². The zero-order chi connectivity index (χ0) is 16.2. The molecule has 2 heterocycles. The van der Waals surface area contributed by atoms with Crippen LogP contribution in [0.2, 0.25) is 0 Å². The van der Waals surface area contributed by atoms with Crippen LogP contribution in [0.1, 0.15) is 17.6 Å². The van der Waals surface area contributed by atoms with E-state index < -0.39 is 4.92 Å². The Morgan fingerprint density at radius 1 is 1.35 bits per heavy atom. The fraction of sp³-hybridized carbons (Fsp3) is 0.333. The van der Waals surface area contributed by atoms with Crippen molar-refractivity contribution in [3.05, 3.63) is 52.0 Å². The van der Waals surface area contributed by atoms with Gasteiger partial charge in [-0.25, -0.2) is 9.97 Å². The number of ether oxygens (including phenoxy) is 1. The molecule has 23 heavy (non-hydrogen) atoms. The minimum atomic E-state index is -0.426. The van der Waals surface area contributed by atoms with E-state index in [1.807, 2.05) is 13.0 Å². The smallest absolute Gasteiger partial charge is 0.269 e. The molecule has 2 N–H and O–H groups in total. The van der Waals surface area contributed by atoms with Crippen molar-refractivity contribution < 1.29 is 9.66 Å². The van der Waals surface area contributed by atoms with Crippen LogP contribution in [0.3, 0.4) is 0 Å². The SMILES string of the molecule is Cc1nc(Nc2ccc([N+](=O)[O-])cc2)cc(C2CNCCO2)n1. The van der Waals surface area contributed by atoms with Crippen molar-refractivity contribution in [2.24, 2.45) is 0 Å². The van der Waals surface area contributed by atoms with Gasteiger partial charge >= 0.3 is 0 Å². The number of nitrogens with one attached hydrogen (secondary N) is 2. The topological polar surface area (TPSA) is 102 Å². The first-order valence-corrected chi connectivity index (χ1v) is 7.31. The molecule has 1 aliphatic rings. The van der Waals surface area contributed by atoms with Crippen LogP contribution in [-0.4, -0.2) is 34.6 Å². The summed E-state index contributed by atoms with van der Waals surface area (Å²) in [5.74, 6) is 1.27. The van der Waals surface area contributed by atoms with E-state index in [0.29, 0.717) is 24.8 Å². The van der Waals surface area contributed by atoms with E-state index >= 15 is 0 Å². The molecule has 8 nitrogen and oxygen atoms in total. The van der Waals surface area contributed by atoms with Gasteiger partial charge in [-0.1, -0.05) is 0 Å². The Labute approximate surface area is 133 Å². The van der Waals surface area contributed by atoms with Gasteiger partial charge in [-0.3, -0.25) is 10.1 Å². The molecule has 1 fully saturated rings. The number of benzene rings is 1. The third-order valence-electron chi connectivity index (χ3n) is 3.47. The lowest BCUT2D eigenvalue weighted by atomic mass is 10.2. The number of non-ortho nitro benzene ring substituents is 1. The van der Waals surface area contributed by atoms with Gasteiger partial charge in [-0.05, 0) is 19.1 Å². The van der Waals surface area contributed by atoms with E-state index in [4.69, 9.17) is 4.74 Å². The average Bonchev–Trinajstić information content (AvgIpc) is 2.55. The van der Waals surface area contributed by atoms with E-state index in [1.54, 1.807) is 12.1 Å². The Balaban J connectivity index is 1.79. The first-order chi connectivity index (χ1) is 11.1. The third kappa shape index (κ3) is 3.79. The van der Waals surface area contributed by atoms with Crippen molar-refractivity contribution in [3.63, 3.8) is 0 Å². The summed E-state index contributed by atoms with van der Waals surface area (Å²) in [6.07, 6.45) is -0.0946. The van der Waals surface area contributed by atoms with E-state index in [9.17, 15) is 10.1 Å². The number of nitro groups is 1. The number of hydrogen-bond donors (Lipinski definition) is 2. The number of rotatable bonds is 4. The molecule has 1 aromatic heterocycles. The highest BCUT2D eigenvalue weighted by Crippen LogP contribution is 2.23. The molecule has 1 unspecified atom stereocenters. The summed E-state index contributed by atoms with van der Waals surface area (Å²) in [5.41, 5.74) is 1.59. The van der Waals surface area contributed by atoms with Crippen LogP contribution in [-0.2, 0) is 4.74 Å². The first-order valence-electron chi connectivity index (χ1n) is 7.31. The second-order valence-corrected chi connectivity index (χ2v) is 5.22. The molecule has 0 amide bonds. The van der Waals surface area contributed by atoms with Crippen LogP contribution in [0.5, 0.6) is 0 Å². The molecular formula is C15H17N5O3. The summed E-state index contributed by atoms with van der Waals surface area (Å²) in [7, 11) is 0. The predicted molar refractivity (Wildman–Crippen MR) is 84.7 cm³/mol. The highest BCUT2D eigenvalue weighted by Gasteiger charge is 2.18. The van der Waals surface area contributed by atoms with Gasteiger partial charge < -0.3 is 15.4 Å². The molecule has 1 saturated heterocycles. The molecule has 0 spiro atoms. The van der Waals surface area contributed by atoms with Crippen molar-refractivity contribution in [2.75, 3.05) is 25.0 Å². The maximum absolute atomic E-state index is 10.7. The zero-order valence-corrected chi connectivity index (χ0v) is 12.7. The molecule has 0 radical (unpaired) electrons. The van der Waals surface area contributed by atoms with Crippen molar-refractivity contribution in [2.45, 2.75) is 13.0 Å². The van der Waals surface area contributed by atoms with Crippen LogP contribution in [0.4, 0.5) is 17.2 Å². The minimum absolute atomic E-state index is 0.0526. The molecule has 1 atom stereocenters. The van der Waals surface area contributed by atoms with Gasteiger partial charge in [0.15, 0.2) is 0 Å². The number of nitrogens with zero attached hydrogens (tertiary/aromatic N) is 3. The van der Waals surface area contributed by atoms with Gasteiger partial charge in [0.25, 0.3) is 5.69 Å². The molecule has 0 aliphatic carbocycles. The van der Waals surface area contributed by atoms with Crippen LogP contribution >= 0.6 is 0 Å². The number of anilines is 2. The second kappa shape index (κ2) is 6.67. The number of nitro benzene ring substituents is 1. The lowest BCUT2D eigenvalue weighted by Crippen LogP contribution is -2.33. The summed E-state index contributed by atoms with van der Waals surface area (Å²) < 4.78 is 5.71. The highest BCUT2D eigenvalue weighted by atomic mass is 16.6. The van der Waals surface area contributed by atoms with Gasteiger partial charge in [0.2, 0.25) is 0 Å². The van der Waals surface area contributed by atoms with Crippen molar-refractivity contribution in [3.8, 4) is 0 Å². The Kier molecular flexibility index (Phi) is 4.45. The molecule has 0 bridgehead atoms. The molecule has 0 saturated carbocycles. The summed E-state index contributed by atoms with van der Waals surface area (Å²) >= 11 is 0. The maximum Gasteiger partial charge on any atom is 0.269 e. The predicted octanol–water partition coefficient (Wildman–Crippen LogP) is 2.10. The number of morpholine rings is 1. The average molecular weight is 315 g/mol. The Hall–Kier alpha value is -2.58. The third-order valence-corrected chi connectivity index (χ3v) is 3.47.